The van der Waals surface area contributed by atoms with E-state index in [1.165, 1.54) is 18.9 Å². The van der Waals surface area contributed by atoms with Crippen LogP contribution in [0.5, 0.6) is 5.75 Å². The predicted octanol–water partition coefficient (Wildman–Crippen LogP) is 2.30. The van der Waals surface area contributed by atoms with Crippen molar-refractivity contribution in [2.75, 3.05) is 26.1 Å². The molecule has 1 heterocycles. The van der Waals surface area contributed by atoms with Crippen molar-refractivity contribution in [3.05, 3.63) is 23.2 Å². The van der Waals surface area contributed by atoms with Gasteiger partial charge in [-0.15, -0.1) is 0 Å². The molecule has 0 aromatic heterocycles. The van der Waals surface area contributed by atoms with E-state index in [-0.39, 0.29) is 24.3 Å². The molecule has 1 saturated heterocycles. The highest BCUT2D eigenvalue weighted by Gasteiger charge is 2.32. The van der Waals surface area contributed by atoms with Crippen molar-refractivity contribution in [2.45, 2.75) is 24.6 Å². The molecule has 2 rings (SSSR count). The molecule has 25 heavy (non-hydrogen) atoms. The zero-order valence-electron chi connectivity index (χ0n) is 14.2. The second-order valence-corrected chi connectivity index (χ2v) is 7.03. The number of benzene rings is 1. The summed E-state index contributed by atoms with van der Waals surface area (Å²) in [6, 6.07) is 4.88. The topological polar surface area (TPSA) is 89.0 Å². The van der Waals surface area contributed by atoms with Crippen LogP contribution in [0.2, 0.25) is 5.02 Å². The van der Waals surface area contributed by atoms with Gasteiger partial charge in [-0.25, -0.2) is 0 Å². The molecule has 9 heteroatoms. The number of halogens is 1. The van der Waals surface area contributed by atoms with E-state index in [0.717, 1.165) is 0 Å². The molecule has 1 aromatic rings. The summed E-state index contributed by atoms with van der Waals surface area (Å²) in [5.74, 6) is 0.0211. The van der Waals surface area contributed by atoms with Gasteiger partial charge >= 0.3 is 0 Å². The Labute approximate surface area is 155 Å². The van der Waals surface area contributed by atoms with E-state index in [1.54, 1.807) is 25.3 Å². The summed E-state index contributed by atoms with van der Waals surface area (Å²) in [5, 5.41) is 5.81. The van der Waals surface area contributed by atoms with Crippen LogP contribution in [0.15, 0.2) is 23.2 Å². The van der Waals surface area contributed by atoms with Gasteiger partial charge in [-0.2, -0.15) is 0 Å². The molecular weight excluding hydrogens is 366 g/mol. The Hall–Kier alpha value is -1.77. The van der Waals surface area contributed by atoms with Crippen LogP contribution in [0, 0.1) is 0 Å². The highest BCUT2D eigenvalue weighted by molar-refractivity contribution is 8.15. The average Bonchev–Trinajstić information content (AvgIpc) is 2.86. The average molecular weight is 386 g/mol. The van der Waals surface area contributed by atoms with E-state index >= 15 is 0 Å². The van der Waals surface area contributed by atoms with Crippen molar-refractivity contribution in [1.82, 2.24) is 5.32 Å². The summed E-state index contributed by atoms with van der Waals surface area (Å²) in [6.07, 6.45) is 0.0395. The van der Waals surface area contributed by atoms with Crippen LogP contribution in [0.25, 0.3) is 0 Å². The Morgan fingerprint density at radius 3 is 2.88 bits per heavy atom. The number of nitrogens with one attached hydrogen (secondary N) is 2. The summed E-state index contributed by atoms with van der Waals surface area (Å²) in [5.41, 5.74) is 0.543. The zero-order valence-corrected chi connectivity index (χ0v) is 15.7. The van der Waals surface area contributed by atoms with E-state index in [9.17, 15) is 9.59 Å². The van der Waals surface area contributed by atoms with Gasteiger partial charge in [-0.3, -0.25) is 14.6 Å². The first kappa shape index (κ1) is 19.6. The lowest BCUT2D eigenvalue weighted by Crippen LogP contribution is -2.28. The highest BCUT2D eigenvalue weighted by atomic mass is 35.5. The molecule has 136 valence electrons. The molecule has 0 saturated carbocycles. The molecule has 0 spiro atoms. The number of anilines is 1. The van der Waals surface area contributed by atoms with E-state index in [0.29, 0.717) is 28.2 Å². The lowest BCUT2D eigenvalue weighted by molar-refractivity contribution is -0.122. The van der Waals surface area contributed by atoms with Crippen LogP contribution in [0.3, 0.4) is 0 Å². The van der Waals surface area contributed by atoms with Gasteiger partial charge in [0, 0.05) is 19.2 Å². The molecule has 2 atom stereocenters. The number of carbonyl (C=O) groups excluding carboxylic acids is 2. The molecule has 2 amide bonds. The third-order valence-electron chi connectivity index (χ3n) is 3.33. The minimum Gasteiger partial charge on any atom is -0.495 e. The second-order valence-electron chi connectivity index (χ2n) is 5.44. The normalized spacial score (nSPS) is 19.6. The molecule has 1 aromatic carbocycles. The zero-order chi connectivity index (χ0) is 18.4. The Bertz CT molecular complexity index is 683. The lowest BCUT2D eigenvalue weighted by atomic mass is 10.2. The summed E-state index contributed by atoms with van der Waals surface area (Å²) in [6.45, 7) is 2.35. The molecule has 1 fully saturated rings. The first-order valence-corrected chi connectivity index (χ1v) is 8.86. The van der Waals surface area contributed by atoms with Crippen LogP contribution >= 0.6 is 23.4 Å². The smallest absolute Gasteiger partial charge is 0.240 e. The quantitative estimate of drug-likeness (QED) is 0.751. The number of nitrogens with zero attached hydrogens (tertiary/aromatic N) is 1. The molecule has 0 aliphatic carbocycles. The minimum absolute atomic E-state index is 0.0395. The Morgan fingerprint density at radius 1 is 1.48 bits per heavy atom. The number of aliphatic imine (C=N–C) groups is 1. The molecule has 1 aliphatic heterocycles. The molecule has 7 nitrogen and oxygen atoms in total. The van der Waals surface area contributed by atoms with Crippen molar-refractivity contribution >= 4 is 46.0 Å². The maximum Gasteiger partial charge on any atom is 0.240 e. The van der Waals surface area contributed by atoms with Crippen LogP contribution in [0.1, 0.15) is 13.3 Å². The van der Waals surface area contributed by atoms with Gasteiger partial charge in [-0.05, 0) is 25.1 Å². The van der Waals surface area contributed by atoms with Gasteiger partial charge in [0.15, 0.2) is 5.17 Å². The fourth-order valence-electron chi connectivity index (χ4n) is 2.20. The van der Waals surface area contributed by atoms with Gasteiger partial charge < -0.3 is 20.1 Å². The van der Waals surface area contributed by atoms with Crippen LogP contribution < -0.4 is 15.4 Å². The standard InChI is InChI=1S/C16H20ClN3O4S/c1-9(8-23-2)18-16-20-15(22)13(25-16)7-14(21)19-10-4-5-12(24-3)11(17)6-10/h4-6,9,13H,7-8H2,1-3H3,(H,19,21)(H,18,20,22)/t9-,13-/m1/s1. The molecule has 0 unspecified atom stereocenters. The Balaban J connectivity index is 1.92. The fourth-order valence-corrected chi connectivity index (χ4v) is 3.53. The van der Waals surface area contributed by atoms with Gasteiger partial charge in [0.25, 0.3) is 0 Å². The molecular formula is C16H20ClN3O4S. The molecule has 1 aliphatic rings. The maximum absolute atomic E-state index is 12.2. The van der Waals surface area contributed by atoms with Gasteiger partial charge in [0.2, 0.25) is 11.8 Å². The molecule has 2 N–H and O–H groups in total. The Kier molecular flexibility index (Phi) is 7.10. The van der Waals surface area contributed by atoms with Crippen molar-refractivity contribution in [1.29, 1.82) is 0 Å². The van der Waals surface area contributed by atoms with Crippen LogP contribution in [-0.4, -0.2) is 49.1 Å². The largest absolute Gasteiger partial charge is 0.495 e. The van der Waals surface area contributed by atoms with E-state index < -0.39 is 5.25 Å². The van der Waals surface area contributed by atoms with E-state index in [4.69, 9.17) is 21.1 Å². The monoisotopic (exact) mass is 385 g/mol. The number of carbonyl (C=O) groups is 2. The second kappa shape index (κ2) is 9.07. The molecule has 0 bridgehead atoms. The summed E-state index contributed by atoms with van der Waals surface area (Å²) in [4.78, 5) is 28.5. The summed E-state index contributed by atoms with van der Waals surface area (Å²) >= 11 is 7.28. The fraction of sp³-hybridized carbons (Fsp3) is 0.438. The van der Waals surface area contributed by atoms with Gasteiger partial charge in [0.1, 0.15) is 11.0 Å². The SMILES string of the molecule is COC[C@@H](C)N=C1NC(=O)[C@@H](CC(=O)Nc2ccc(OC)c(Cl)c2)S1. The third kappa shape index (κ3) is 5.62. The van der Waals surface area contributed by atoms with E-state index in [2.05, 4.69) is 15.6 Å². The number of hydrogen-bond donors (Lipinski definition) is 2. The molecule has 0 radical (unpaired) electrons. The van der Waals surface area contributed by atoms with Crippen LogP contribution in [-0.2, 0) is 14.3 Å². The first-order valence-electron chi connectivity index (χ1n) is 7.60. The number of amides is 2. The first-order chi connectivity index (χ1) is 11.9. The third-order valence-corrected chi connectivity index (χ3v) is 4.72. The minimum atomic E-state index is -0.512. The van der Waals surface area contributed by atoms with Crippen molar-refractivity contribution in [3.63, 3.8) is 0 Å². The van der Waals surface area contributed by atoms with E-state index in [1.807, 2.05) is 6.92 Å². The van der Waals surface area contributed by atoms with Crippen molar-refractivity contribution < 1.29 is 19.1 Å². The highest BCUT2D eigenvalue weighted by Crippen LogP contribution is 2.28. The van der Waals surface area contributed by atoms with Crippen molar-refractivity contribution in [2.24, 2.45) is 4.99 Å². The number of hydrogen-bond acceptors (Lipinski definition) is 6. The van der Waals surface area contributed by atoms with Gasteiger partial charge in [-0.1, -0.05) is 23.4 Å². The van der Waals surface area contributed by atoms with Gasteiger partial charge in [0.05, 0.1) is 24.8 Å². The number of thioether (sulfide) groups is 1. The summed E-state index contributed by atoms with van der Waals surface area (Å²) < 4.78 is 10.1. The predicted molar refractivity (Wildman–Crippen MR) is 99.5 cm³/mol. The van der Waals surface area contributed by atoms with Crippen LogP contribution in [0.4, 0.5) is 5.69 Å². The number of amidine groups is 1. The maximum atomic E-state index is 12.2. The lowest BCUT2D eigenvalue weighted by Gasteiger charge is -2.09. The Morgan fingerprint density at radius 2 is 2.24 bits per heavy atom. The summed E-state index contributed by atoms with van der Waals surface area (Å²) in [7, 11) is 3.11. The number of ether oxygens (including phenoxy) is 2. The number of rotatable bonds is 7. The van der Waals surface area contributed by atoms with Crippen molar-refractivity contribution in [3.8, 4) is 5.75 Å². The number of methoxy groups -OCH3 is 2.